The van der Waals surface area contributed by atoms with Gasteiger partial charge in [0.15, 0.2) is 6.29 Å². The van der Waals surface area contributed by atoms with Crippen LogP contribution in [-0.4, -0.2) is 57.3 Å². The van der Waals surface area contributed by atoms with Crippen molar-refractivity contribution in [3.63, 3.8) is 0 Å². The van der Waals surface area contributed by atoms with Crippen molar-refractivity contribution >= 4 is 11.9 Å². The summed E-state index contributed by atoms with van der Waals surface area (Å²) in [4.78, 5) is 25.3. The quantitative estimate of drug-likeness (QED) is 0.284. The molecule has 0 rings (SSSR count). The Bertz CT molecular complexity index is 477. The lowest BCUT2D eigenvalue weighted by molar-refractivity contribution is -0.177. The van der Waals surface area contributed by atoms with Gasteiger partial charge in [-0.25, -0.2) is 0 Å². The highest BCUT2D eigenvalue weighted by Crippen LogP contribution is 2.45. The molecular weight excluding hydrogens is 350 g/mol. The van der Waals surface area contributed by atoms with Crippen LogP contribution in [0.2, 0.25) is 0 Å². The van der Waals surface area contributed by atoms with Crippen molar-refractivity contribution in [2.45, 2.75) is 67.1 Å². The average molecular weight is 390 g/mol. The highest BCUT2D eigenvalue weighted by atomic mass is 16.6. The van der Waals surface area contributed by atoms with Crippen molar-refractivity contribution in [1.82, 2.24) is 5.32 Å². The van der Waals surface area contributed by atoms with E-state index in [0.717, 1.165) is 13.0 Å². The average Bonchev–Trinajstić information content (AvgIpc) is 2.56. The molecule has 27 heavy (non-hydrogen) atoms. The topological polar surface area (TPSA) is 94.1 Å². The second-order valence-corrected chi connectivity index (χ2v) is 8.69. The van der Waals surface area contributed by atoms with E-state index < -0.39 is 28.5 Å². The fourth-order valence-corrected chi connectivity index (χ4v) is 3.58. The molecular formula is C20H39NO6. The van der Waals surface area contributed by atoms with Crippen LogP contribution < -0.4 is 5.32 Å². The zero-order valence-corrected chi connectivity index (χ0v) is 18.3. The first-order valence-corrected chi connectivity index (χ1v) is 9.56. The Morgan fingerprint density at radius 1 is 1.04 bits per heavy atom. The molecule has 0 aliphatic heterocycles. The van der Waals surface area contributed by atoms with E-state index in [1.165, 1.54) is 7.11 Å². The van der Waals surface area contributed by atoms with E-state index in [1.807, 2.05) is 20.9 Å². The third-order valence-corrected chi connectivity index (χ3v) is 4.69. The monoisotopic (exact) mass is 389 g/mol. The second kappa shape index (κ2) is 11.0. The summed E-state index contributed by atoms with van der Waals surface area (Å²) in [7, 11) is 3.26. The number of hydrogen-bond donors (Lipinski definition) is 2. The molecule has 0 saturated heterocycles. The van der Waals surface area contributed by atoms with E-state index in [2.05, 4.69) is 5.32 Å². The molecule has 2 atom stereocenters. The number of hydrogen-bond acceptors (Lipinski definition) is 7. The van der Waals surface area contributed by atoms with Gasteiger partial charge in [0.1, 0.15) is 0 Å². The largest absolute Gasteiger partial charge is 0.466 e. The van der Waals surface area contributed by atoms with Gasteiger partial charge in [-0.1, -0.05) is 13.8 Å². The molecule has 0 fully saturated rings. The summed E-state index contributed by atoms with van der Waals surface area (Å²) in [6, 6.07) is 0. The van der Waals surface area contributed by atoms with E-state index in [1.54, 1.807) is 27.7 Å². The summed E-state index contributed by atoms with van der Waals surface area (Å²) in [6.07, 6.45) is 0.219. The molecule has 0 bridgehead atoms. The summed E-state index contributed by atoms with van der Waals surface area (Å²) in [5.74, 6) is -0.739. The Balaban J connectivity index is 5.39. The highest BCUT2D eigenvalue weighted by molar-refractivity contribution is 5.80. The van der Waals surface area contributed by atoms with Crippen molar-refractivity contribution in [1.29, 1.82) is 0 Å². The summed E-state index contributed by atoms with van der Waals surface area (Å²) in [6.45, 7) is 12.0. The molecule has 7 nitrogen and oxygen atoms in total. The molecule has 0 aliphatic rings. The Morgan fingerprint density at radius 3 is 2.11 bits per heavy atom. The summed E-state index contributed by atoms with van der Waals surface area (Å²) >= 11 is 0. The van der Waals surface area contributed by atoms with Gasteiger partial charge in [0, 0.05) is 12.5 Å². The second-order valence-electron chi connectivity index (χ2n) is 8.69. The van der Waals surface area contributed by atoms with Crippen LogP contribution in [0.1, 0.15) is 60.8 Å². The number of aliphatic hydroxyl groups excluding tert-OH is 1. The molecule has 2 unspecified atom stereocenters. The van der Waals surface area contributed by atoms with Crippen LogP contribution in [0.5, 0.6) is 0 Å². The summed E-state index contributed by atoms with van der Waals surface area (Å²) in [5.41, 5.74) is -2.56. The number of carbonyl (C=O) groups is 2. The molecule has 160 valence electrons. The number of esters is 2. The van der Waals surface area contributed by atoms with Crippen LogP contribution in [0, 0.1) is 16.2 Å². The van der Waals surface area contributed by atoms with Gasteiger partial charge >= 0.3 is 11.9 Å². The van der Waals surface area contributed by atoms with Gasteiger partial charge in [0.2, 0.25) is 0 Å². The Kier molecular flexibility index (Phi) is 10.5. The van der Waals surface area contributed by atoms with Gasteiger partial charge in [0.25, 0.3) is 0 Å². The first-order valence-electron chi connectivity index (χ1n) is 9.56. The van der Waals surface area contributed by atoms with Crippen LogP contribution in [0.25, 0.3) is 0 Å². The standard InChI is InChI=1S/C20H39NO6/c1-9-26-17(24)20(6,13-18(2,3)15(22)25-8)14-19(4,5)16(23)27-12-10-11-21-7/h15,21-22H,9-14H2,1-8H3. The van der Waals surface area contributed by atoms with Crippen molar-refractivity contribution in [3.8, 4) is 0 Å². The first-order chi connectivity index (χ1) is 12.4. The highest BCUT2D eigenvalue weighted by Gasteiger charge is 2.48. The summed E-state index contributed by atoms with van der Waals surface area (Å²) < 4.78 is 15.7. The molecule has 0 radical (unpaired) electrons. The molecule has 0 spiro atoms. The SMILES string of the molecule is CCOC(=O)C(C)(CC(C)(C)C(=O)OCCCNC)CC(C)(C)C(O)OC. The Hall–Kier alpha value is -1.18. The fraction of sp³-hybridized carbons (Fsp3) is 0.900. The van der Waals surface area contributed by atoms with Crippen molar-refractivity contribution in [3.05, 3.63) is 0 Å². The number of aliphatic hydroxyl groups is 1. The minimum absolute atomic E-state index is 0.240. The van der Waals surface area contributed by atoms with Crippen molar-refractivity contribution < 1.29 is 28.9 Å². The molecule has 0 heterocycles. The third-order valence-electron chi connectivity index (χ3n) is 4.69. The molecule has 0 aromatic heterocycles. The zero-order valence-electron chi connectivity index (χ0n) is 18.3. The Morgan fingerprint density at radius 2 is 1.63 bits per heavy atom. The van der Waals surface area contributed by atoms with Gasteiger partial charge in [0.05, 0.1) is 24.0 Å². The lowest BCUT2D eigenvalue weighted by atomic mass is 9.66. The van der Waals surface area contributed by atoms with Gasteiger partial charge in [-0.05, 0) is 60.5 Å². The maximum absolute atomic E-state index is 12.7. The number of ether oxygens (including phenoxy) is 3. The van der Waals surface area contributed by atoms with Crippen LogP contribution >= 0.6 is 0 Å². The minimum Gasteiger partial charge on any atom is -0.466 e. The van der Waals surface area contributed by atoms with Gasteiger partial charge in [-0.15, -0.1) is 0 Å². The van der Waals surface area contributed by atoms with E-state index in [4.69, 9.17) is 14.2 Å². The predicted octanol–water partition coefficient (Wildman–Crippen LogP) is 2.51. The molecule has 2 N–H and O–H groups in total. The maximum Gasteiger partial charge on any atom is 0.311 e. The number of nitrogens with one attached hydrogen (secondary N) is 1. The smallest absolute Gasteiger partial charge is 0.311 e. The van der Waals surface area contributed by atoms with E-state index >= 15 is 0 Å². The van der Waals surface area contributed by atoms with E-state index in [-0.39, 0.29) is 19.0 Å². The lowest BCUT2D eigenvalue weighted by Gasteiger charge is -2.40. The number of carbonyl (C=O) groups excluding carboxylic acids is 2. The molecule has 7 heteroatoms. The number of methoxy groups -OCH3 is 1. The number of rotatable bonds is 13. The summed E-state index contributed by atoms with van der Waals surface area (Å²) in [5, 5.41) is 13.2. The van der Waals surface area contributed by atoms with Crippen LogP contribution in [0.4, 0.5) is 0 Å². The van der Waals surface area contributed by atoms with Crippen LogP contribution in [0.3, 0.4) is 0 Å². The van der Waals surface area contributed by atoms with Crippen LogP contribution in [0.15, 0.2) is 0 Å². The van der Waals surface area contributed by atoms with Crippen LogP contribution in [-0.2, 0) is 23.8 Å². The lowest BCUT2D eigenvalue weighted by Crippen LogP contribution is -2.44. The fourth-order valence-electron chi connectivity index (χ4n) is 3.58. The molecule has 0 aromatic carbocycles. The first kappa shape index (κ1) is 25.8. The Labute approximate surface area is 164 Å². The van der Waals surface area contributed by atoms with E-state index in [9.17, 15) is 14.7 Å². The molecule has 0 saturated carbocycles. The predicted molar refractivity (Wildman–Crippen MR) is 104 cm³/mol. The molecule has 0 aromatic rings. The van der Waals surface area contributed by atoms with Gasteiger partial charge < -0.3 is 24.6 Å². The van der Waals surface area contributed by atoms with Gasteiger partial charge in [-0.3, -0.25) is 9.59 Å². The maximum atomic E-state index is 12.7. The zero-order chi connectivity index (χ0) is 21.3. The van der Waals surface area contributed by atoms with Crippen molar-refractivity contribution in [2.75, 3.05) is 33.9 Å². The minimum atomic E-state index is -1.04. The third kappa shape index (κ3) is 8.15. The van der Waals surface area contributed by atoms with E-state index in [0.29, 0.717) is 13.0 Å². The van der Waals surface area contributed by atoms with Crippen molar-refractivity contribution in [2.24, 2.45) is 16.2 Å². The van der Waals surface area contributed by atoms with Gasteiger partial charge in [-0.2, -0.15) is 0 Å². The normalized spacial score (nSPS) is 15.7. The molecule has 0 aliphatic carbocycles. The molecule has 0 amide bonds.